The Labute approximate surface area is 145 Å². The van der Waals surface area contributed by atoms with E-state index in [-0.39, 0.29) is 5.91 Å². The number of carbonyl (C=O) groups is 1. The average Bonchev–Trinajstić information content (AvgIpc) is 2.94. The third-order valence-electron chi connectivity index (χ3n) is 3.65. The van der Waals surface area contributed by atoms with E-state index in [1.54, 1.807) is 22.7 Å². The van der Waals surface area contributed by atoms with E-state index >= 15 is 0 Å². The number of carbonyl (C=O) groups excluding carboxylic acids is 1. The van der Waals surface area contributed by atoms with E-state index in [1.807, 2.05) is 38.1 Å². The molecule has 24 heavy (non-hydrogen) atoms. The summed E-state index contributed by atoms with van der Waals surface area (Å²) in [6.07, 6.45) is 2.41. The molecule has 0 saturated carbocycles. The zero-order valence-corrected chi connectivity index (χ0v) is 14.3. The molecule has 1 aromatic carbocycles. The molecule has 5 nitrogen and oxygen atoms in total. The number of hydrogen-bond donors (Lipinski definition) is 1. The molecule has 0 atom stereocenters. The van der Waals surface area contributed by atoms with Gasteiger partial charge in [-0.2, -0.15) is 0 Å². The second-order valence-electron chi connectivity index (χ2n) is 5.22. The first-order valence-corrected chi connectivity index (χ1v) is 8.21. The number of rotatable bonds is 5. The third kappa shape index (κ3) is 3.08. The van der Waals surface area contributed by atoms with Gasteiger partial charge in [-0.3, -0.25) is 9.20 Å². The zero-order valence-electron chi connectivity index (χ0n) is 13.5. The van der Waals surface area contributed by atoms with Gasteiger partial charge in [0.15, 0.2) is 0 Å². The number of pyridine rings is 1. The molecule has 0 spiro atoms. The van der Waals surface area contributed by atoms with Gasteiger partial charge in [-0.25, -0.2) is 4.98 Å². The molecule has 2 aromatic heterocycles. The highest BCUT2D eigenvalue weighted by atomic mass is 35.5. The van der Waals surface area contributed by atoms with Gasteiger partial charge in [0.2, 0.25) is 0 Å². The van der Waals surface area contributed by atoms with Crippen LogP contribution in [0.25, 0.3) is 5.65 Å². The molecule has 0 aliphatic rings. The fraction of sp³-hybridized carbons (Fsp3) is 0.222. The lowest BCUT2D eigenvalue weighted by molar-refractivity contribution is 0.102. The van der Waals surface area contributed by atoms with Crippen molar-refractivity contribution in [3.63, 3.8) is 0 Å². The number of hydrogen-bond acceptors (Lipinski definition) is 3. The summed E-state index contributed by atoms with van der Waals surface area (Å²) >= 11 is 6.02. The Hall–Kier alpha value is -2.53. The van der Waals surface area contributed by atoms with E-state index in [0.29, 0.717) is 40.8 Å². The molecule has 0 bridgehead atoms. The Morgan fingerprint density at radius 3 is 2.83 bits per heavy atom. The minimum absolute atomic E-state index is 0.228. The van der Waals surface area contributed by atoms with Crippen LogP contribution in [0.4, 0.5) is 5.69 Å². The van der Waals surface area contributed by atoms with Crippen molar-refractivity contribution in [1.29, 1.82) is 0 Å². The first-order valence-electron chi connectivity index (χ1n) is 7.83. The molecule has 6 heteroatoms. The number of para-hydroxylation sites is 2. The molecule has 0 aliphatic carbocycles. The maximum Gasteiger partial charge on any atom is 0.274 e. The number of aryl methyl sites for hydroxylation is 1. The Kier molecular flexibility index (Phi) is 4.71. The highest BCUT2D eigenvalue weighted by Gasteiger charge is 2.19. The van der Waals surface area contributed by atoms with Crippen LogP contribution >= 0.6 is 11.6 Å². The van der Waals surface area contributed by atoms with Gasteiger partial charge < -0.3 is 10.1 Å². The zero-order chi connectivity index (χ0) is 17.1. The highest BCUT2D eigenvalue weighted by Crippen LogP contribution is 2.25. The Balaban J connectivity index is 2.00. The van der Waals surface area contributed by atoms with Gasteiger partial charge in [-0.15, -0.1) is 0 Å². The van der Waals surface area contributed by atoms with Crippen molar-refractivity contribution in [2.75, 3.05) is 11.9 Å². The predicted molar refractivity (Wildman–Crippen MR) is 95.1 cm³/mol. The van der Waals surface area contributed by atoms with Gasteiger partial charge >= 0.3 is 0 Å². The van der Waals surface area contributed by atoms with Crippen molar-refractivity contribution in [3.8, 4) is 5.75 Å². The average molecular weight is 344 g/mol. The number of fused-ring (bicyclic) bond motifs is 1. The molecular formula is C18H18ClN3O2. The molecule has 3 rings (SSSR count). The van der Waals surface area contributed by atoms with E-state index < -0.39 is 0 Å². The summed E-state index contributed by atoms with van der Waals surface area (Å²) in [5.41, 5.74) is 2.53. The molecule has 0 unspecified atom stereocenters. The molecule has 124 valence electrons. The van der Waals surface area contributed by atoms with Crippen molar-refractivity contribution in [2.45, 2.75) is 20.3 Å². The number of anilines is 1. The molecule has 1 N–H and O–H groups in total. The Bertz CT molecular complexity index is 889. The van der Waals surface area contributed by atoms with Gasteiger partial charge in [0.25, 0.3) is 5.91 Å². The smallest absolute Gasteiger partial charge is 0.274 e. The number of benzene rings is 1. The predicted octanol–water partition coefficient (Wildman–Crippen LogP) is 4.20. The number of nitrogens with one attached hydrogen (secondary N) is 1. The van der Waals surface area contributed by atoms with Gasteiger partial charge in [0.05, 0.1) is 18.0 Å². The standard InChI is InChI=1S/C18H18ClN3O2/c1-3-13-17(22-10-9-12(19)11-16(22)20-13)18(23)21-14-7-5-6-8-15(14)24-4-2/h5-11H,3-4H2,1-2H3,(H,21,23). The van der Waals surface area contributed by atoms with Crippen LogP contribution in [-0.4, -0.2) is 21.9 Å². The van der Waals surface area contributed by atoms with E-state index in [2.05, 4.69) is 10.3 Å². The van der Waals surface area contributed by atoms with E-state index in [1.165, 1.54) is 0 Å². The Morgan fingerprint density at radius 2 is 2.08 bits per heavy atom. The summed E-state index contributed by atoms with van der Waals surface area (Å²) in [5, 5.41) is 3.51. The van der Waals surface area contributed by atoms with Crippen molar-refractivity contribution in [3.05, 3.63) is 59.0 Å². The first-order chi connectivity index (χ1) is 11.6. The van der Waals surface area contributed by atoms with Gasteiger partial charge in [0, 0.05) is 17.3 Å². The fourth-order valence-electron chi connectivity index (χ4n) is 2.59. The number of imidazole rings is 1. The molecular weight excluding hydrogens is 326 g/mol. The molecule has 0 fully saturated rings. The Morgan fingerprint density at radius 1 is 1.29 bits per heavy atom. The van der Waals surface area contributed by atoms with Crippen LogP contribution in [0, 0.1) is 0 Å². The van der Waals surface area contributed by atoms with Crippen LogP contribution in [0.5, 0.6) is 5.75 Å². The van der Waals surface area contributed by atoms with Crippen LogP contribution in [-0.2, 0) is 6.42 Å². The molecule has 0 aliphatic heterocycles. The number of amides is 1. The second kappa shape index (κ2) is 6.93. The van der Waals surface area contributed by atoms with E-state index in [0.717, 1.165) is 5.69 Å². The third-order valence-corrected chi connectivity index (χ3v) is 3.88. The number of nitrogens with zero attached hydrogens (tertiary/aromatic N) is 2. The topological polar surface area (TPSA) is 55.6 Å². The quantitative estimate of drug-likeness (QED) is 0.755. The fourth-order valence-corrected chi connectivity index (χ4v) is 2.74. The lowest BCUT2D eigenvalue weighted by atomic mass is 10.2. The molecule has 2 heterocycles. The van der Waals surface area contributed by atoms with Gasteiger partial charge in [-0.1, -0.05) is 30.7 Å². The van der Waals surface area contributed by atoms with Crippen molar-refractivity contribution in [2.24, 2.45) is 0 Å². The van der Waals surface area contributed by atoms with Gasteiger partial charge in [-0.05, 0) is 31.5 Å². The van der Waals surface area contributed by atoms with E-state index in [9.17, 15) is 4.79 Å². The summed E-state index contributed by atoms with van der Waals surface area (Å²) in [7, 11) is 0. The van der Waals surface area contributed by atoms with Crippen molar-refractivity contribution < 1.29 is 9.53 Å². The molecule has 0 saturated heterocycles. The largest absolute Gasteiger partial charge is 0.492 e. The second-order valence-corrected chi connectivity index (χ2v) is 5.65. The van der Waals surface area contributed by atoms with Crippen LogP contribution in [0.1, 0.15) is 30.0 Å². The number of aromatic nitrogens is 2. The number of halogens is 1. The van der Waals surface area contributed by atoms with Crippen LogP contribution in [0.2, 0.25) is 5.02 Å². The first kappa shape index (κ1) is 16.3. The summed E-state index contributed by atoms with van der Waals surface area (Å²) in [4.78, 5) is 17.3. The minimum Gasteiger partial charge on any atom is -0.492 e. The summed E-state index contributed by atoms with van der Waals surface area (Å²) in [6.45, 7) is 4.40. The minimum atomic E-state index is -0.228. The number of ether oxygens (including phenoxy) is 1. The van der Waals surface area contributed by atoms with E-state index in [4.69, 9.17) is 16.3 Å². The van der Waals surface area contributed by atoms with Crippen molar-refractivity contribution >= 4 is 28.8 Å². The maximum atomic E-state index is 12.8. The highest BCUT2D eigenvalue weighted by molar-refractivity contribution is 6.30. The molecule has 0 radical (unpaired) electrons. The lowest BCUT2D eigenvalue weighted by Crippen LogP contribution is -2.17. The van der Waals surface area contributed by atoms with Gasteiger partial charge in [0.1, 0.15) is 17.1 Å². The monoisotopic (exact) mass is 343 g/mol. The van der Waals surface area contributed by atoms with Crippen LogP contribution in [0.3, 0.4) is 0 Å². The van der Waals surface area contributed by atoms with Crippen LogP contribution in [0.15, 0.2) is 42.6 Å². The summed E-state index contributed by atoms with van der Waals surface area (Å²) in [5.74, 6) is 0.414. The van der Waals surface area contributed by atoms with Crippen molar-refractivity contribution in [1.82, 2.24) is 9.38 Å². The molecule has 3 aromatic rings. The normalized spacial score (nSPS) is 10.8. The van der Waals surface area contributed by atoms with Crippen LogP contribution < -0.4 is 10.1 Å². The SMILES string of the molecule is CCOc1ccccc1NC(=O)c1c(CC)nc2cc(Cl)ccn12. The maximum absolute atomic E-state index is 12.8. The summed E-state index contributed by atoms with van der Waals surface area (Å²) < 4.78 is 7.31. The lowest BCUT2D eigenvalue weighted by Gasteiger charge is -2.11. The summed E-state index contributed by atoms with van der Waals surface area (Å²) in [6, 6.07) is 10.8. The molecule has 1 amide bonds.